The third-order valence-electron chi connectivity index (χ3n) is 8.71. The van der Waals surface area contributed by atoms with Gasteiger partial charge in [0.1, 0.15) is 0 Å². The van der Waals surface area contributed by atoms with E-state index in [1.807, 2.05) is 0 Å². The van der Waals surface area contributed by atoms with Crippen LogP contribution in [-0.4, -0.2) is 14.3 Å². The van der Waals surface area contributed by atoms with Gasteiger partial charge in [0.2, 0.25) is 0 Å². The Morgan fingerprint density at radius 2 is 0.365 bits per heavy atom. The predicted octanol–water partition coefficient (Wildman–Crippen LogP) is 9.71. The van der Waals surface area contributed by atoms with Crippen molar-refractivity contribution in [2.45, 2.75) is 30.9 Å². The summed E-state index contributed by atoms with van der Waals surface area (Å²) < 4.78 is 206. The minimum absolute atomic E-state index is 0.449. The number of hydrogen-bond donors (Lipinski definition) is 0. The van der Waals surface area contributed by atoms with Gasteiger partial charge in [0.05, 0.1) is 0 Å². The van der Waals surface area contributed by atoms with Crippen molar-refractivity contribution in [1.82, 2.24) is 0 Å². The zero-order valence-electron chi connectivity index (χ0n) is 25.5. The fourth-order valence-electron chi connectivity index (χ4n) is 6.20. The van der Waals surface area contributed by atoms with E-state index < -0.39 is 91.1 Å². The fraction of sp³-hybridized carbons (Fsp3) is 0.143. The number of rotatable bonds is 5. The summed E-state index contributed by atoms with van der Waals surface area (Å²) in [5.41, 5.74) is -6.51. The monoisotopic (exact) mass is 890 g/mol. The van der Waals surface area contributed by atoms with Crippen LogP contribution in [0.15, 0.2) is 121 Å². The van der Waals surface area contributed by atoms with Crippen molar-refractivity contribution < 1.29 is 65.9 Å². The van der Waals surface area contributed by atoms with Gasteiger partial charge >= 0.3 is 287 Å². The third kappa shape index (κ3) is 5.91. The number of hydrogen-bond acceptors (Lipinski definition) is 0. The Kier molecular flexibility index (Phi) is 9.14. The SMILES string of the molecule is FC(F)(F)c1ccc([Te](Cl)(c2ccc(C(F)(F)F)cc2)(c2ccc(C(F)(F)F)cc2)(c2ccc(C(F)(F)F)cc2)c2ccc(C(F)(F)F)cc2)cc1. The maximum absolute atomic E-state index is 13.9. The molecule has 0 saturated carbocycles. The Hall–Kier alpha value is -3.87. The minimum atomic E-state index is -7.94. The molecular weight excluding hydrogens is 868 g/mol. The molecule has 0 amide bonds. The van der Waals surface area contributed by atoms with Gasteiger partial charge in [-0.05, 0) is 0 Å². The van der Waals surface area contributed by atoms with Gasteiger partial charge in [-0.3, -0.25) is 0 Å². The number of halogens is 16. The standard InChI is InChI=1S/C35H20ClF15Te/c36-52(26-11-1-21(2-12-26)31(37,38)39,27-13-3-22(4-14-27)32(40,41)42,28-15-5-23(6-16-28)33(43,44)45,29-17-7-24(8-18-29)34(46,47)48)30-19-9-25(10-20-30)35(49,50)51/h1-20H. The van der Waals surface area contributed by atoms with Gasteiger partial charge in [-0.1, -0.05) is 0 Å². The van der Waals surface area contributed by atoms with Gasteiger partial charge in [-0.2, -0.15) is 0 Å². The first-order chi connectivity index (χ1) is 23.7. The topological polar surface area (TPSA) is 0 Å². The molecule has 0 N–H and O–H groups in total. The van der Waals surface area contributed by atoms with E-state index in [4.69, 9.17) is 8.96 Å². The molecule has 0 radical (unpaired) electrons. The first kappa shape index (κ1) is 39.3. The Morgan fingerprint density at radius 3 is 0.462 bits per heavy atom. The maximum atomic E-state index is 13.9. The predicted molar refractivity (Wildman–Crippen MR) is 167 cm³/mol. The van der Waals surface area contributed by atoms with Crippen molar-refractivity contribution in [1.29, 1.82) is 0 Å². The molecule has 0 atom stereocenters. The molecule has 0 fully saturated rings. The van der Waals surface area contributed by atoms with E-state index in [0.717, 1.165) is 60.7 Å². The van der Waals surface area contributed by atoms with Gasteiger partial charge in [0.15, 0.2) is 0 Å². The molecule has 0 aliphatic heterocycles. The molecule has 278 valence electrons. The second-order valence-electron chi connectivity index (χ2n) is 11.5. The van der Waals surface area contributed by atoms with Crippen molar-refractivity contribution in [3.05, 3.63) is 149 Å². The zero-order valence-corrected chi connectivity index (χ0v) is 28.6. The van der Waals surface area contributed by atoms with Crippen LogP contribution in [0.4, 0.5) is 65.9 Å². The zero-order chi connectivity index (χ0) is 38.8. The summed E-state index contributed by atoms with van der Waals surface area (Å²) in [6.45, 7) is 0. The second-order valence-corrected chi connectivity index (χ2v) is 31.4. The van der Waals surface area contributed by atoms with Gasteiger partial charge in [0.25, 0.3) is 0 Å². The first-order valence-electron chi connectivity index (χ1n) is 14.4. The van der Waals surface area contributed by atoms with Crippen molar-refractivity contribution in [3.63, 3.8) is 0 Å². The molecule has 5 aromatic rings. The molecule has 0 unspecified atom stereocenters. The summed E-state index contributed by atoms with van der Waals surface area (Å²) in [7, 11) is 8.30. The van der Waals surface area contributed by atoms with E-state index >= 15 is 0 Å². The first-order valence-corrected chi connectivity index (χ1v) is 23.1. The molecule has 0 bridgehead atoms. The van der Waals surface area contributed by atoms with Crippen LogP contribution in [0, 0.1) is 0 Å². The van der Waals surface area contributed by atoms with Gasteiger partial charge in [-0.25, -0.2) is 0 Å². The molecule has 0 nitrogen and oxygen atoms in total. The van der Waals surface area contributed by atoms with Crippen LogP contribution in [0.2, 0.25) is 0 Å². The molecule has 0 saturated heterocycles. The van der Waals surface area contributed by atoms with Crippen LogP contribution in [0.25, 0.3) is 0 Å². The second kappa shape index (κ2) is 12.1. The van der Waals surface area contributed by atoms with Gasteiger partial charge < -0.3 is 0 Å². The Labute approximate surface area is 286 Å². The van der Waals surface area contributed by atoms with Crippen molar-refractivity contribution in [2.24, 2.45) is 0 Å². The van der Waals surface area contributed by atoms with Gasteiger partial charge in [-0.15, -0.1) is 0 Å². The molecule has 5 rings (SSSR count). The van der Waals surface area contributed by atoms with E-state index in [9.17, 15) is 65.9 Å². The molecule has 0 spiro atoms. The molecule has 0 aliphatic carbocycles. The molecule has 5 aromatic carbocycles. The average molecular weight is 889 g/mol. The van der Waals surface area contributed by atoms with E-state index in [0.29, 0.717) is 60.7 Å². The van der Waals surface area contributed by atoms with Gasteiger partial charge in [0, 0.05) is 0 Å². The van der Waals surface area contributed by atoms with Crippen molar-refractivity contribution in [2.75, 3.05) is 0 Å². The molecule has 52 heavy (non-hydrogen) atoms. The third-order valence-corrected chi connectivity index (χ3v) is 34.6. The molecule has 0 aliphatic rings. The summed E-state index contributed by atoms with van der Waals surface area (Å²) in [5.74, 6) is 0. The van der Waals surface area contributed by atoms with Crippen LogP contribution in [0.5, 0.6) is 0 Å². The van der Waals surface area contributed by atoms with E-state index in [1.165, 1.54) is 0 Å². The number of benzene rings is 5. The van der Waals surface area contributed by atoms with Crippen LogP contribution in [-0.2, 0) is 30.9 Å². The summed E-state index contributed by atoms with van der Waals surface area (Å²) in [6, 6.07) is 12.6. The Morgan fingerprint density at radius 1 is 0.250 bits per heavy atom. The summed E-state index contributed by atoms with van der Waals surface area (Å²) in [6.07, 6.45) is -25.0. The molecular formula is C35H20ClF15Te. The van der Waals surface area contributed by atoms with Crippen LogP contribution >= 0.6 is 8.96 Å². The van der Waals surface area contributed by atoms with E-state index in [1.54, 1.807) is 0 Å². The van der Waals surface area contributed by atoms with E-state index in [2.05, 4.69) is 0 Å². The fourth-order valence-corrected chi connectivity index (χ4v) is 28.6. The Bertz CT molecular complexity index is 1710. The van der Waals surface area contributed by atoms with Crippen LogP contribution in [0.3, 0.4) is 0 Å². The van der Waals surface area contributed by atoms with Crippen molar-refractivity contribution in [3.8, 4) is 0 Å². The average Bonchev–Trinajstić information content (AvgIpc) is 3.06. The summed E-state index contributed by atoms with van der Waals surface area (Å²) in [4.78, 5) is 0. The summed E-state index contributed by atoms with van der Waals surface area (Å²) in [5, 5.41) is 0. The number of alkyl halides is 15. The van der Waals surface area contributed by atoms with E-state index in [-0.39, 0.29) is 0 Å². The van der Waals surface area contributed by atoms with Crippen LogP contribution < -0.4 is 18.1 Å². The molecule has 17 heteroatoms. The van der Waals surface area contributed by atoms with Crippen molar-refractivity contribution >= 4 is 41.3 Å². The van der Waals surface area contributed by atoms with Crippen LogP contribution in [0.1, 0.15) is 27.8 Å². The quantitative estimate of drug-likeness (QED) is 0.122. The summed E-state index contributed by atoms with van der Waals surface area (Å²) >= 11 is -7.94. The molecule has 0 heterocycles. The molecule has 0 aromatic heterocycles. The Balaban J connectivity index is 2.16. The normalized spacial score (nSPS) is 14.8.